The van der Waals surface area contributed by atoms with Gasteiger partial charge in [-0.05, 0) is 5.92 Å². The zero-order chi connectivity index (χ0) is 11.6. The summed E-state index contributed by atoms with van der Waals surface area (Å²) in [5.74, 6) is -1.34. The third-order valence-electron chi connectivity index (χ3n) is 2.06. The van der Waals surface area contributed by atoms with Crippen LogP contribution >= 0.6 is 0 Å². The molecule has 1 aliphatic carbocycles. The summed E-state index contributed by atoms with van der Waals surface area (Å²) in [5, 5.41) is 19.0. The Hall–Kier alpha value is -1.58. The first-order valence-electron chi connectivity index (χ1n) is 4.81. The minimum atomic E-state index is -0.516. The molecule has 0 unspecified atom stereocenters. The first kappa shape index (κ1) is 11.5. The van der Waals surface area contributed by atoms with Crippen molar-refractivity contribution >= 4 is 11.6 Å². The van der Waals surface area contributed by atoms with Crippen LogP contribution in [0.1, 0.15) is 26.7 Å². The van der Waals surface area contributed by atoms with Crippen LogP contribution in [0.5, 0.6) is 0 Å². The minimum absolute atomic E-state index is 0.108. The van der Waals surface area contributed by atoms with Gasteiger partial charge in [-0.2, -0.15) is 0 Å². The topological polar surface area (TPSA) is 74.6 Å². The SMILES string of the molecule is CC(C)CC(O)=C1C(=O)CC(=O)C=C1O. The summed E-state index contributed by atoms with van der Waals surface area (Å²) in [6.45, 7) is 3.77. The monoisotopic (exact) mass is 210 g/mol. The van der Waals surface area contributed by atoms with Crippen LogP contribution in [0.3, 0.4) is 0 Å². The highest BCUT2D eigenvalue weighted by Gasteiger charge is 2.26. The number of aliphatic hydroxyl groups is 2. The Morgan fingerprint density at radius 3 is 2.53 bits per heavy atom. The van der Waals surface area contributed by atoms with Gasteiger partial charge in [0, 0.05) is 12.5 Å². The summed E-state index contributed by atoms with van der Waals surface area (Å²) in [6, 6.07) is 0. The van der Waals surface area contributed by atoms with E-state index in [0.717, 1.165) is 6.08 Å². The van der Waals surface area contributed by atoms with Crippen LogP contribution in [0.15, 0.2) is 23.2 Å². The number of carbonyl (C=O) groups excluding carboxylic acids is 2. The summed E-state index contributed by atoms with van der Waals surface area (Å²) >= 11 is 0. The largest absolute Gasteiger partial charge is 0.511 e. The lowest BCUT2D eigenvalue weighted by Crippen LogP contribution is -2.18. The highest BCUT2D eigenvalue weighted by molar-refractivity contribution is 6.16. The summed E-state index contributed by atoms with van der Waals surface area (Å²) in [5.41, 5.74) is -0.108. The van der Waals surface area contributed by atoms with Crippen LogP contribution in [0.25, 0.3) is 0 Å². The highest BCUT2D eigenvalue weighted by atomic mass is 16.3. The zero-order valence-corrected chi connectivity index (χ0v) is 8.78. The van der Waals surface area contributed by atoms with Gasteiger partial charge in [-0.1, -0.05) is 13.8 Å². The number of hydrogen-bond donors (Lipinski definition) is 2. The van der Waals surface area contributed by atoms with E-state index in [1.807, 2.05) is 13.8 Å². The van der Waals surface area contributed by atoms with Crippen LogP contribution in [0.2, 0.25) is 0 Å². The van der Waals surface area contributed by atoms with Gasteiger partial charge >= 0.3 is 0 Å². The lowest BCUT2D eigenvalue weighted by molar-refractivity contribution is -0.123. The number of rotatable bonds is 2. The maximum absolute atomic E-state index is 11.4. The first-order chi connectivity index (χ1) is 6.91. The standard InChI is InChI=1S/C11H14O4/c1-6(2)3-8(13)11-9(14)4-7(12)5-10(11)15/h4,6,13-14H,3,5H2,1-2H3. The molecule has 4 heteroatoms. The van der Waals surface area contributed by atoms with Gasteiger partial charge in [-0.15, -0.1) is 0 Å². The van der Waals surface area contributed by atoms with E-state index >= 15 is 0 Å². The van der Waals surface area contributed by atoms with Crippen molar-refractivity contribution in [2.45, 2.75) is 26.7 Å². The number of Topliss-reactive ketones (excluding diaryl/α,β-unsaturated/α-hetero) is 1. The highest BCUT2D eigenvalue weighted by Crippen LogP contribution is 2.23. The van der Waals surface area contributed by atoms with Crippen LogP contribution in [-0.2, 0) is 9.59 Å². The summed E-state index contributed by atoms with van der Waals surface area (Å²) in [7, 11) is 0. The van der Waals surface area contributed by atoms with E-state index in [4.69, 9.17) is 0 Å². The Morgan fingerprint density at radius 2 is 2.07 bits per heavy atom. The van der Waals surface area contributed by atoms with Crippen LogP contribution in [-0.4, -0.2) is 21.8 Å². The molecule has 0 saturated heterocycles. The molecule has 0 aliphatic heterocycles. The quantitative estimate of drug-likeness (QED) is 0.414. The molecule has 1 rings (SSSR count). The molecule has 2 N–H and O–H groups in total. The number of hydrogen-bond acceptors (Lipinski definition) is 4. The molecule has 0 amide bonds. The van der Waals surface area contributed by atoms with Crippen molar-refractivity contribution in [1.82, 2.24) is 0 Å². The van der Waals surface area contributed by atoms with Gasteiger partial charge < -0.3 is 10.2 Å². The van der Waals surface area contributed by atoms with Crippen molar-refractivity contribution < 1.29 is 19.8 Å². The van der Waals surface area contributed by atoms with E-state index in [1.165, 1.54) is 0 Å². The van der Waals surface area contributed by atoms with Gasteiger partial charge in [0.05, 0.1) is 12.0 Å². The van der Waals surface area contributed by atoms with E-state index in [0.29, 0.717) is 6.42 Å². The van der Waals surface area contributed by atoms with E-state index in [2.05, 4.69) is 0 Å². The second-order valence-corrected chi connectivity index (χ2v) is 4.02. The summed E-state index contributed by atoms with van der Waals surface area (Å²) < 4.78 is 0. The second kappa shape index (κ2) is 4.29. The maximum Gasteiger partial charge on any atom is 0.177 e. The van der Waals surface area contributed by atoms with Crippen molar-refractivity contribution in [2.75, 3.05) is 0 Å². The Bertz CT molecular complexity index is 361. The lowest BCUT2D eigenvalue weighted by Gasteiger charge is -2.13. The molecule has 0 heterocycles. The smallest absolute Gasteiger partial charge is 0.177 e. The van der Waals surface area contributed by atoms with E-state index in [9.17, 15) is 19.8 Å². The number of ketones is 2. The molecule has 0 bridgehead atoms. The van der Waals surface area contributed by atoms with Gasteiger partial charge in [0.1, 0.15) is 11.5 Å². The van der Waals surface area contributed by atoms with Gasteiger partial charge in [0.15, 0.2) is 11.6 Å². The molecule has 0 aromatic rings. The normalized spacial score (nSPS) is 20.6. The van der Waals surface area contributed by atoms with Crippen molar-refractivity contribution in [2.24, 2.45) is 5.92 Å². The van der Waals surface area contributed by atoms with E-state index < -0.39 is 17.3 Å². The van der Waals surface area contributed by atoms with Crippen LogP contribution in [0.4, 0.5) is 0 Å². The second-order valence-electron chi connectivity index (χ2n) is 4.02. The third kappa shape index (κ3) is 2.68. The van der Waals surface area contributed by atoms with Crippen molar-refractivity contribution in [1.29, 1.82) is 0 Å². The fraction of sp³-hybridized carbons (Fsp3) is 0.455. The zero-order valence-electron chi connectivity index (χ0n) is 8.78. The molecular formula is C11H14O4. The summed E-state index contributed by atoms with van der Waals surface area (Å²) in [4.78, 5) is 22.3. The molecule has 15 heavy (non-hydrogen) atoms. The van der Waals surface area contributed by atoms with Crippen molar-refractivity contribution in [3.05, 3.63) is 23.2 Å². The molecule has 0 radical (unpaired) electrons. The Balaban J connectivity index is 3.07. The Labute approximate surface area is 87.9 Å². The molecule has 0 aromatic heterocycles. The van der Waals surface area contributed by atoms with Gasteiger partial charge in [-0.3, -0.25) is 9.59 Å². The molecule has 4 nitrogen and oxygen atoms in total. The molecule has 0 atom stereocenters. The van der Waals surface area contributed by atoms with Crippen molar-refractivity contribution in [3.63, 3.8) is 0 Å². The number of allylic oxidation sites excluding steroid dienone is 3. The molecule has 0 fully saturated rings. The molecule has 0 spiro atoms. The molecular weight excluding hydrogens is 196 g/mol. The average Bonchev–Trinajstić information content (AvgIpc) is 1.99. The van der Waals surface area contributed by atoms with Crippen molar-refractivity contribution in [3.8, 4) is 0 Å². The predicted octanol–water partition coefficient (Wildman–Crippen LogP) is 1.83. The maximum atomic E-state index is 11.4. The van der Waals surface area contributed by atoms with E-state index in [1.54, 1.807) is 0 Å². The molecule has 0 saturated carbocycles. The van der Waals surface area contributed by atoms with Crippen LogP contribution in [0, 0.1) is 5.92 Å². The molecule has 1 aliphatic rings. The Kier molecular flexibility index (Phi) is 3.29. The number of carbonyl (C=O) groups is 2. The van der Waals surface area contributed by atoms with Gasteiger partial charge in [0.25, 0.3) is 0 Å². The predicted molar refractivity (Wildman–Crippen MR) is 54.5 cm³/mol. The van der Waals surface area contributed by atoms with Crippen LogP contribution < -0.4 is 0 Å². The average molecular weight is 210 g/mol. The first-order valence-corrected chi connectivity index (χ1v) is 4.81. The fourth-order valence-electron chi connectivity index (χ4n) is 1.46. The Morgan fingerprint density at radius 1 is 1.47 bits per heavy atom. The van der Waals surface area contributed by atoms with E-state index in [-0.39, 0.29) is 23.7 Å². The van der Waals surface area contributed by atoms with Gasteiger partial charge in [0.2, 0.25) is 0 Å². The summed E-state index contributed by atoms with van der Waals surface area (Å²) in [6.07, 6.45) is 1.02. The fourth-order valence-corrected chi connectivity index (χ4v) is 1.46. The number of aliphatic hydroxyl groups excluding tert-OH is 2. The lowest BCUT2D eigenvalue weighted by atomic mass is 9.94. The third-order valence-corrected chi connectivity index (χ3v) is 2.06. The minimum Gasteiger partial charge on any atom is -0.511 e. The molecule has 0 aromatic carbocycles. The molecule has 82 valence electrons. The van der Waals surface area contributed by atoms with Gasteiger partial charge in [-0.25, -0.2) is 0 Å².